The van der Waals surface area contributed by atoms with E-state index < -0.39 is 39.8 Å². The number of primary amides is 1. The molecule has 1 aromatic carbocycles. The molecule has 8 heteroatoms. The Hall–Kier alpha value is -2.06. The van der Waals surface area contributed by atoms with Crippen LogP contribution in [-0.2, 0) is 25.2 Å². The smallest absolute Gasteiger partial charge is 0.320 e. The van der Waals surface area contributed by atoms with Gasteiger partial charge in [-0.2, -0.15) is 0 Å². The minimum atomic E-state index is -1.85. The van der Waals surface area contributed by atoms with Gasteiger partial charge >= 0.3 is 5.97 Å². The number of ketones is 1. The summed E-state index contributed by atoms with van der Waals surface area (Å²) in [6.45, 7) is 1.02. The van der Waals surface area contributed by atoms with Crippen LogP contribution in [0.2, 0.25) is 0 Å². The molecule has 5 atom stereocenters. The maximum absolute atomic E-state index is 13.8. The van der Waals surface area contributed by atoms with Crippen molar-refractivity contribution in [3.05, 3.63) is 35.9 Å². The summed E-state index contributed by atoms with van der Waals surface area (Å²) in [5.41, 5.74) is 6.52. The number of carbonyl (C=O) groups excluding carboxylic acids is 2. The number of hydrogen-bond acceptors (Lipinski definition) is 5. The molecule has 3 rings (SSSR count). The summed E-state index contributed by atoms with van der Waals surface area (Å²) in [7, 11) is -1.85. The van der Waals surface area contributed by atoms with Crippen molar-refractivity contribution in [2.24, 2.45) is 11.7 Å². The second-order valence-electron chi connectivity index (χ2n) is 15.0. The maximum atomic E-state index is 13.8. The molecule has 2 heterocycles. The van der Waals surface area contributed by atoms with Gasteiger partial charge in [0.15, 0.2) is 0 Å². The highest BCUT2D eigenvalue weighted by Gasteiger charge is 2.39. The van der Waals surface area contributed by atoms with E-state index in [4.69, 9.17) is 5.73 Å². The summed E-state index contributed by atoms with van der Waals surface area (Å²) in [4.78, 5) is 41.2. The molecule has 0 saturated carbocycles. The monoisotopic (exact) mass is 700 g/mol. The summed E-state index contributed by atoms with van der Waals surface area (Å²) >= 11 is 0. The van der Waals surface area contributed by atoms with E-state index in [9.17, 15) is 23.7 Å². The van der Waals surface area contributed by atoms with Gasteiger partial charge in [0.25, 0.3) is 0 Å². The van der Waals surface area contributed by atoms with Crippen LogP contribution in [-0.4, -0.2) is 62.0 Å². The summed E-state index contributed by atoms with van der Waals surface area (Å²) in [5, 5.41) is 9.08. The van der Waals surface area contributed by atoms with E-state index in [-0.39, 0.29) is 24.5 Å². The van der Waals surface area contributed by atoms with Crippen LogP contribution in [0.1, 0.15) is 172 Å². The molecule has 1 aromatic rings. The number of amides is 1. The quantitative estimate of drug-likeness (QED) is 0.324. The highest BCUT2D eigenvalue weighted by molar-refractivity contribution is 7.86. The van der Waals surface area contributed by atoms with Gasteiger partial charge in [-0.15, -0.1) is 0 Å². The Kier molecular flexibility index (Phi) is 21.1. The Morgan fingerprint density at radius 3 is 1.55 bits per heavy atom. The SMILES string of the molecule is NC(=O)C(c1ccccc1)[C@H]1CS(=O)[C@H](C(=O)O)CN2CCC2CCCCCCCCCCCCCCCCCCCCCCCCC1=O. The number of benzene rings is 1. The lowest BCUT2D eigenvalue weighted by Gasteiger charge is -2.42. The molecule has 3 unspecified atom stereocenters. The predicted octanol–water partition coefficient (Wildman–Crippen LogP) is 9.09. The standard InChI is InChI=1S/C41H68N2O5S/c42-40(45)39(34-26-22-21-23-27-34)36-33-49(48)38(41(46)47)32-43-31-30-35(43)28-24-19-17-15-13-11-9-7-5-3-1-2-4-6-8-10-12-14-16-18-20-25-29-37(36)44/h21-23,26-27,35-36,38-39H,1-20,24-25,28-33H2,(H2,42,45)(H,46,47)/t35?,36-,38-,39?,49?/m0/s1. The summed E-state index contributed by atoms with van der Waals surface area (Å²) in [6.07, 6.45) is 30.0. The second-order valence-corrected chi connectivity index (χ2v) is 16.7. The number of nitrogens with zero attached hydrogens (tertiary/aromatic N) is 1. The van der Waals surface area contributed by atoms with E-state index in [1.807, 2.05) is 6.07 Å². The zero-order chi connectivity index (χ0) is 35.1. The van der Waals surface area contributed by atoms with E-state index >= 15 is 0 Å². The van der Waals surface area contributed by atoms with Crippen LogP contribution in [0, 0.1) is 5.92 Å². The average Bonchev–Trinajstić information content (AvgIpc) is 3.07. The number of aliphatic carboxylic acids is 1. The summed E-state index contributed by atoms with van der Waals surface area (Å²) in [6, 6.07) is 9.31. The summed E-state index contributed by atoms with van der Waals surface area (Å²) in [5.74, 6) is -3.91. The van der Waals surface area contributed by atoms with Crippen molar-refractivity contribution in [1.29, 1.82) is 0 Å². The fourth-order valence-corrected chi connectivity index (χ4v) is 9.42. The zero-order valence-corrected chi connectivity index (χ0v) is 31.3. The van der Waals surface area contributed by atoms with Crippen LogP contribution in [0.3, 0.4) is 0 Å². The molecule has 2 aliphatic rings. The third kappa shape index (κ3) is 16.2. The van der Waals surface area contributed by atoms with Crippen LogP contribution in [0.15, 0.2) is 30.3 Å². The second kappa shape index (κ2) is 25.0. The molecule has 0 bridgehead atoms. The molecule has 3 N–H and O–H groups in total. The highest BCUT2D eigenvalue weighted by Crippen LogP contribution is 2.30. The van der Waals surface area contributed by atoms with Crippen LogP contribution in [0.4, 0.5) is 0 Å². The molecular weight excluding hydrogens is 633 g/mol. The number of carboxylic acids is 1. The van der Waals surface area contributed by atoms with Crippen LogP contribution >= 0.6 is 0 Å². The van der Waals surface area contributed by atoms with Crippen molar-refractivity contribution >= 4 is 28.5 Å². The lowest BCUT2D eigenvalue weighted by molar-refractivity contribution is -0.137. The minimum absolute atomic E-state index is 0.141. The number of carbonyl (C=O) groups is 3. The third-order valence-electron chi connectivity index (χ3n) is 11.1. The molecule has 1 amide bonds. The first-order valence-corrected chi connectivity index (χ1v) is 21.5. The average molecular weight is 701 g/mol. The Bertz CT molecular complexity index is 1100. The Labute approximate surface area is 300 Å². The first kappa shape index (κ1) is 41.4. The molecular formula is C41H68N2O5S. The largest absolute Gasteiger partial charge is 0.480 e. The zero-order valence-electron chi connectivity index (χ0n) is 30.5. The number of hydrogen-bond donors (Lipinski definition) is 2. The number of Topliss-reactive ketones (excluding diaryl/α,β-unsaturated/α-hetero) is 1. The van der Waals surface area contributed by atoms with Gasteiger partial charge in [-0.1, -0.05) is 165 Å². The Balaban J connectivity index is 1.62. The van der Waals surface area contributed by atoms with Gasteiger partial charge in [-0.05, 0) is 31.4 Å². The topological polar surface area (TPSA) is 118 Å². The van der Waals surface area contributed by atoms with E-state index in [1.165, 1.54) is 109 Å². The first-order chi connectivity index (χ1) is 23.9. The normalized spacial score (nSPS) is 27.6. The van der Waals surface area contributed by atoms with Crippen LogP contribution in [0.5, 0.6) is 0 Å². The van der Waals surface area contributed by atoms with Gasteiger partial charge in [0.2, 0.25) is 5.91 Å². The minimum Gasteiger partial charge on any atom is -0.480 e. The number of rotatable bonds is 4. The van der Waals surface area contributed by atoms with E-state index in [0.717, 1.165) is 45.1 Å². The molecule has 2 saturated heterocycles. The lowest BCUT2D eigenvalue weighted by Crippen LogP contribution is -2.53. The summed E-state index contributed by atoms with van der Waals surface area (Å²) < 4.78 is 13.8. The Morgan fingerprint density at radius 2 is 1.14 bits per heavy atom. The Morgan fingerprint density at radius 1 is 0.694 bits per heavy atom. The molecule has 278 valence electrons. The number of nitrogens with two attached hydrogens (primary N) is 1. The first-order valence-electron chi connectivity index (χ1n) is 20.1. The van der Waals surface area contributed by atoms with Crippen LogP contribution < -0.4 is 5.73 Å². The molecule has 7 nitrogen and oxygen atoms in total. The van der Waals surface area contributed by atoms with Gasteiger partial charge < -0.3 is 10.8 Å². The van der Waals surface area contributed by atoms with Crippen molar-refractivity contribution in [2.75, 3.05) is 18.8 Å². The highest BCUT2D eigenvalue weighted by atomic mass is 32.2. The van der Waals surface area contributed by atoms with E-state index in [0.29, 0.717) is 18.0 Å². The van der Waals surface area contributed by atoms with Crippen molar-refractivity contribution < 1.29 is 23.7 Å². The maximum Gasteiger partial charge on any atom is 0.320 e. The fourth-order valence-electron chi connectivity index (χ4n) is 7.87. The lowest BCUT2D eigenvalue weighted by atomic mass is 9.82. The van der Waals surface area contributed by atoms with Gasteiger partial charge in [-0.25, -0.2) is 0 Å². The molecule has 0 spiro atoms. The predicted molar refractivity (Wildman–Crippen MR) is 202 cm³/mol. The van der Waals surface area contributed by atoms with Crippen molar-refractivity contribution in [1.82, 2.24) is 4.90 Å². The molecule has 0 aromatic heterocycles. The molecule has 0 radical (unpaired) electrons. The molecule has 2 aliphatic heterocycles. The van der Waals surface area contributed by atoms with Crippen molar-refractivity contribution in [2.45, 2.75) is 178 Å². The van der Waals surface area contributed by atoms with Crippen molar-refractivity contribution in [3.63, 3.8) is 0 Å². The van der Waals surface area contributed by atoms with Gasteiger partial charge in [0.1, 0.15) is 11.0 Å². The number of carboxylic acid groups (broad SMARTS) is 1. The molecule has 2 fully saturated rings. The van der Waals surface area contributed by atoms with Gasteiger partial charge in [0, 0.05) is 41.5 Å². The van der Waals surface area contributed by atoms with E-state index in [2.05, 4.69) is 4.90 Å². The van der Waals surface area contributed by atoms with Crippen LogP contribution in [0.25, 0.3) is 0 Å². The van der Waals surface area contributed by atoms with Crippen molar-refractivity contribution in [3.8, 4) is 0 Å². The van der Waals surface area contributed by atoms with Gasteiger partial charge in [0.05, 0.1) is 5.92 Å². The fraction of sp³-hybridized carbons (Fsp3) is 0.780. The number of fused-ring (bicyclic) bond motifs is 1. The van der Waals surface area contributed by atoms with E-state index in [1.54, 1.807) is 24.3 Å². The third-order valence-corrected chi connectivity index (χ3v) is 12.8. The molecule has 0 aliphatic carbocycles. The molecule has 49 heavy (non-hydrogen) atoms. The van der Waals surface area contributed by atoms with Gasteiger partial charge in [-0.3, -0.25) is 23.5 Å².